The van der Waals surface area contributed by atoms with Gasteiger partial charge in [0.25, 0.3) is 0 Å². The first kappa shape index (κ1) is 18.4. The lowest BCUT2D eigenvalue weighted by Crippen LogP contribution is -2.39. The van der Waals surface area contributed by atoms with Gasteiger partial charge in [0, 0.05) is 20.0 Å². The highest BCUT2D eigenvalue weighted by atomic mass is 19.1. The lowest BCUT2D eigenvalue weighted by Gasteiger charge is -2.20. The van der Waals surface area contributed by atoms with E-state index < -0.39 is 0 Å². The fourth-order valence-corrected chi connectivity index (χ4v) is 2.26. The summed E-state index contributed by atoms with van der Waals surface area (Å²) in [7, 11) is 1.59. The maximum Gasteiger partial charge on any atom is 0.239 e. The smallest absolute Gasteiger partial charge is 0.239 e. The summed E-state index contributed by atoms with van der Waals surface area (Å²) in [4.78, 5) is 25.3. The second kappa shape index (κ2) is 8.82. The normalized spacial score (nSPS) is 10.2. The van der Waals surface area contributed by atoms with Crippen LogP contribution < -0.4 is 10.1 Å². The number of hydrogen-bond acceptors (Lipinski definition) is 3. The highest BCUT2D eigenvalue weighted by molar-refractivity contribution is 5.83. The molecule has 0 heterocycles. The van der Waals surface area contributed by atoms with E-state index in [0.717, 1.165) is 16.9 Å². The third kappa shape index (κ3) is 5.91. The van der Waals surface area contributed by atoms with E-state index in [0.29, 0.717) is 6.54 Å². The van der Waals surface area contributed by atoms with Crippen LogP contribution in [0.25, 0.3) is 0 Å². The molecule has 0 aromatic heterocycles. The van der Waals surface area contributed by atoms with E-state index in [1.807, 2.05) is 24.3 Å². The number of ether oxygens (including phenoxy) is 1. The zero-order valence-corrected chi connectivity index (χ0v) is 14.3. The van der Waals surface area contributed by atoms with Gasteiger partial charge in [0.05, 0.1) is 13.7 Å². The molecule has 0 aliphatic rings. The number of carbonyl (C=O) groups is 2. The van der Waals surface area contributed by atoms with Crippen LogP contribution in [0, 0.1) is 5.82 Å². The molecule has 0 unspecified atom stereocenters. The van der Waals surface area contributed by atoms with E-state index in [1.54, 1.807) is 19.2 Å². The van der Waals surface area contributed by atoms with Crippen molar-refractivity contribution in [2.75, 3.05) is 13.7 Å². The van der Waals surface area contributed by atoms with E-state index in [1.165, 1.54) is 24.0 Å². The van der Waals surface area contributed by atoms with E-state index in [2.05, 4.69) is 5.32 Å². The van der Waals surface area contributed by atoms with Gasteiger partial charge in [0.2, 0.25) is 11.8 Å². The molecule has 0 saturated heterocycles. The van der Waals surface area contributed by atoms with Gasteiger partial charge in [-0.25, -0.2) is 4.39 Å². The van der Waals surface area contributed by atoms with E-state index in [4.69, 9.17) is 4.74 Å². The number of nitrogens with zero attached hydrogens (tertiary/aromatic N) is 1. The van der Waals surface area contributed by atoms with E-state index in [9.17, 15) is 14.0 Å². The van der Waals surface area contributed by atoms with Crippen LogP contribution in [-0.4, -0.2) is 30.4 Å². The van der Waals surface area contributed by atoms with Crippen LogP contribution in [0.2, 0.25) is 0 Å². The van der Waals surface area contributed by atoms with Gasteiger partial charge in [-0.15, -0.1) is 0 Å². The maximum absolute atomic E-state index is 12.9. The molecule has 0 atom stereocenters. The lowest BCUT2D eigenvalue weighted by molar-refractivity contribution is -0.135. The SMILES string of the molecule is COc1ccc(CNC(=O)CN(Cc2ccc(F)cc2)C(C)=O)cc1. The molecule has 0 saturated carbocycles. The Morgan fingerprint density at radius 3 is 2.20 bits per heavy atom. The Hall–Kier alpha value is -2.89. The Kier molecular flexibility index (Phi) is 6.51. The van der Waals surface area contributed by atoms with Crippen LogP contribution >= 0.6 is 0 Å². The molecule has 2 rings (SSSR count). The zero-order chi connectivity index (χ0) is 18.2. The number of methoxy groups -OCH3 is 1. The minimum absolute atomic E-state index is 0.0527. The number of halogens is 1. The van der Waals surface area contributed by atoms with Crippen molar-refractivity contribution in [1.82, 2.24) is 10.2 Å². The highest BCUT2D eigenvalue weighted by Gasteiger charge is 2.14. The Morgan fingerprint density at radius 1 is 1.04 bits per heavy atom. The van der Waals surface area contributed by atoms with Crippen molar-refractivity contribution in [3.63, 3.8) is 0 Å². The molecule has 0 radical (unpaired) electrons. The first-order valence-corrected chi connectivity index (χ1v) is 7.87. The molecule has 2 aromatic carbocycles. The molecule has 5 nitrogen and oxygen atoms in total. The molecule has 2 amide bonds. The van der Waals surface area contributed by atoms with Crippen LogP contribution in [0.15, 0.2) is 48.5 Å². The Bertz CT molecular complexity index is 714. The molecular formula is C19H21FN2O3. The summed E-state index contributed by atoms with van der Waals surface area (Å²) in [5.74, 6) is -0.0652. The Morgan fingerprint density at radius 2 is 1.64 bits per heavy atom. The average molecular weight is 344 g/mol. The molecule has 6 heteroatoms. The fraction of sp³-hybridized carbons (Fsp3) is 0.263. The number of rotatable bonds is 7. The summed E-state index contributed by atoms with van der Waals surface area (Å²) in [6.07, 6.45) is 0. The molecule has 25 heavy (non-hydrogen) atoms. The minimum atomic E-state index is -0.338. The third-order valence-electron chi connectivity index (χ3n) is 3.72. The molecule has 0 spiro atoms. The predicted molar refractivity (Wildman–Crippen MR) is 92.3 cm³/mol. The zero-order valence-electron chi connectivity index (χ0n) is 14.3. The van der Waals surface area contributed by atoms with Crippen molar-refractivity contribution < 1.29 is 18.7 Å². The Labute approximate surface area is 146 Å². The molecule has 1 N–H and O–H groups in total. The van der Waals surface area contributed by atoms with Crippen LogP contribution in [0.5, 0.6) is 5.75 Å². The number of benzene rings is 2. The first-order chi connectivity index (χ1) is 12.0. The lowest BCUT2D eigenvalue weighted by atomic mass is 10.2. The molecule has 0 aliphatic carbocycles. The molecule has 0 bridgehead atoms. The molecule has 132 valence electrons. The van der Waals surface area contributed by atoms with Gasteiger partial charge in [0.15, 0.2) is 0 Å². The summed E-state index contributed by atoms with van der Waals surface area (Å²) in [5.41, 5.74) is 1.70. The number of carbonyl (C=O) groups excluding carboxylic acids is 2. The largest absolute Gasteiger partial charge is 0.497 e. The second-order valence-corrected chi connectivity index (χ2v) is 5.63. The van der Waals surface area contributed by atoms with Crippen molar-refractivity contribution >= 4 is 11.8 Å². The fourth-order valence-electron chi connectivity index (χ4n) is 2.26. The van der Waals surface area contributed by atoms with E-state index >= 15 is 0 Å². The molecular weight excluding hydrogens is 323 g/mol. The number of hydrogen-bond donors (Lipinski definition) is 1. The monoisotopic (exact) mass is 344 g/mol. The minimum Gasteiger partial charge on any atom is -0.497 e. The van der Waals surface area contributed by atoms with Crippen molar-refractivity contribution in [2.45, 2.75) is 20.0 Å². The van der Waals surface area contributed by atoms with Gasteiger partial charge in [-0.05, 0) is 35.4 Å². The number of amides is 2. The first-order valence-electron chi connectivity index (χ1n) is 7.87. The Balaban J connectivity index is 1.88. The van der Waals surface area contributed by atoms with Gasteiger partial charge in [0.1, 0.15) is 11.6 Å². The maximum atomic E-state index is 12.9. The van der Waals surface area contributed by atoms with Crippen molar-refractivity contribution in [3.8, 4) is 5.75 Å². The number of nitrogens with one attached hydrogen (secondary N) is 1. The predicted octanol–water partition coefficient (Wildman–Crippen LogP) is 2.50. The molecule has 0 aliphatic heterocycles. The highest BCUT2D eigenvalue weighted by Crippen LogP contribution is 2.11. The summed E-state index contributed by atoms with van der Waals surface area (Å²) in [5, 5.41) is 2.78. The van der Waals surface area contributed by atoms with Crippen molar-refractivity contribution in [1.29, 1.82) is 0 Å². The summed E-state index contributed by atoms with van der Waals surface area (Å²) in [6.45, 7) is 1.97. The van der Waals surface area contributed by atoms with Gasteiger partial charge >= 0.3 is 0 Å². The summed E-state index contributed by atoms with van der Waals surface area (Å²) in [6, 6.07) is 13.2. The van der Waals surface area contributed by atoms with Crippen LogP contribution in [0.1, 0.15) is 18.1 Å². The summed E-state index contributed by atoms with van der Waals surface area (Å²) >= 11 is 0. The third-order valence-corrected chi connectivity index (χ3v) is 3.72. The van der Waals surface area contributed by atoms with Gasteiger partial charge < -0.3 is 15.0 Å². The molecule has 0 fully saturated rings. The van der Waals surface area contributed by atoms with Gasteiger partial charge in [-0.3, -0.25) is 9.59 Å². The van der Waals surface area contributed by atoms with Crippen LogP contribution in [-0.2, 0) is 22.7 Å². The summed E-state index contributed by atoms with van der Waals surface area (Å²) < 4.78 is 18.0. The van der Waals surface area contributed by atoms with Crippen molar-refractivity contribution in [3.05, 3.63) is 65.5 Å². The van der Waals surface area contributed by atoms with Gasteiger partial charge in [-0.2, -0.15) is 0 Å². The quantitative estimate of drug-likeness (QED) is 0.840. The standard InChI is InChI=1S/C19H21FN2O3/c1-14(23)22(12-16-3-7-17(20)8-4-16)13-19(24)21-11-15-5-9-18(25-2)10-6-15/h3-10H,11-13H2,1-2H3,(H,21,24). The van der Waals surface area contributed by atoms with Crippen LogP contribution in [0.4, 0.5) is 4.39 Å². The van der Waals surface area contributed by atoms with Crippen LogP contribution in [0.3, 0.4) is 0 Å². The topological polar surface area (TPSA) is 58.6 Å². The average Bonchev–Trinajstić information content (AvgIpc) is 2.61. The second-order valence-electron chi connectivity index (χ2n) is 5.63. The van der Waals surface area contributed by atoms with Crippen molar-refractivity contribution in [2.24, 2.45) is 0 Å². The molecule has 2 aromatic rings. The van der Waals surface area contributed by atoms with Gasteiger partial charge in [-0.1, -0.05) is 24.3 Å². The van der Waals surface area contributed by atoms with E-state index in [-0.39, 0.29) is 30.7 Å².